The summed E-state index contributed by atoms with van der Waals surface area (Å²) in [6, 6.07) is 14.0. The van der Waals surface area contributed by atoms with Crippen molar-refractivity contribution in [1.29, 1.82) is 0 Å². The lowest BCUT2D eigenvalue weighted by Crippen LogP contribution is -2.34. The van der Waals surface area contributed by atoms with Crippen molar-refractivity contribution >= 4 is 0 Å². The van der Waals surface area contributed by atoms with Crippen LogP contribution in [0.4, 0.5) is 0 Å². The van der Waals surface area contributed by atoms with Gasteiger partial charge in [0.1, 0.15) is 11.5 Å². The van der Waals surface area contributed by atoms with Gasteiger partial charge in [-0.1, -0.05) is 29.8 Å². The smallest absolute Gasteiger partial charge is 0.120 e. The minimum Gasteiger partial charge on any atom is -0.508 e. The van der Waals surface area contributed by atoms with Crippen LogP contribution >= 0.6 is 0 Å². The number of aromatic amines is 1. The van der Waals surface area contributed by atoms with Crippen molar-refractivity contribution in [1.82, 2.24) is 15.1 Å². The summed E-state index contributed by atoms with van der Waals surface area (Å²) in [7, 11) is 1.65. The first kappa shape index (κ1) is 18.6. The zero-order chi connectivity index (χ0) is 19.5. The van der Waals surface area contributed by atoms with Crippen molar-refractivity contribution in [3.8, 4) is 22.6 Å². The highest BCUT2D eigenvalue weighted by Crippen LogP contribution is 2.34. The summed E-state index contributed by atoms with van der Waals surface area (Å²) >= 11 is 0. The highest BCUT2D eigenvalue weighted by molar-refractivity contribution is 5.66. The molecule has 2 N–H and O–H groups in total. The average molecular weight is 377 g/mol. The van der Waals surface area contributed by atoms with Crippen LogP contribution in [0.25, 0.3) is 11.1 Å². The second-order valence-corrected chi connectivity index (χ2v) is 7.64. The molecule has 0 aliphatic carbocycles. The number of hydrogen-bond acceptors (Lipinski definition) is 4. The maximum Gasteiger partial charge on any atom is 0.120 e. The molecule has 0 saturated carbocycles. The molecule has 2 heterocycles. The lowest BCUT2D eigenvalue weighted by molar-refractivity contribution is 0.196. The van der Waals surface area contributed by atoms with Crippen molar-refractivity contribution in [2.75, 3.05) is 20.2 Å². The Labute approximate surface area is 166 Å². The Morgan fingerprint density at radius 3 is 2.96 bits per heavy atom. The fraction of sp³-hybridized carbons (Fsp3) is 0.348. The second-order valence-electron chi connectivity index (χ2n) is 7.64. The molecule has 3 aromatic rings. The van der Waals surface area contributed by atoms with E-state index in [0.717, 1.165) is 37.2 Å². The van der Waals surface area contributed by atoms with Gasteiger partial charge in [-0.3, -0.25) is 10.00 Å². The van der Waals surface area contributed by atoms with Crippen LogP contribution in [0.2, 0.25) is 0 Å². The highest BCUT2D eigenvalue weighted by Gasteiger charge is 2.25. The third kappa shape index (κ3) is 3.90. The van der Waals surface area contributed by atoms with Crippen molar-refractivity contribution in [2.24, 2.45) is 0 Å². The first-order valence-electron chi connectivity index (χ1n) is 9.82. The summed E-state index contributed by atoms with van der Waals surface area (Å²) in [5.74, 6) is 1.50. The van der Waals surface area contributed by atoms with Gasteiger partial charge in [-0.05, 0) is 50.1 Å². The summed E-state index contributed by atoms with van der Waals surface area (Å²) in [6.07, 6.45) is 4.21. The number of likely N-dealkylation sites (tertiary alicyclic amines) is 1. The van der Waals surface area contributed by atoms with E-state index in [-0.39, 0.29) is 0 Å². The van der Waals surface area contributed by atoms with E-state index in [9.17, 15) is 5.11 Å². The lowest BCUT2D eigenvalue weighted by atomic mass is 9.90. The molecule has 28 heavy (non-hydrogen) atoms. The van der Waals surface area contributed by atoms with Crippen LogP contribution in [0.1, 0.15) is 35.6 Å². The maximum absolute atomic E-state index is 10.2. The van der Waals surface area contributed by atoms with Crippen molar-refractivity contribution in [3.63, 3.8) is 0 Å². The van der Waals surface area contributed by atoms with Crippen LogP contribution < -0.4 is 4.74 Å². The topological polar surface area (TPSA) is 61.4 Å². The molecule has 1 aliphatic rings. The van der Waals surface area contributed by atoms with Gasteiger partial charge in [0.15, 0.2) is 0 Å². The Morgan fingerprint density at radius 1 is 1.25 bits per heavy atom. The van der Waals surface area contributed by atoms with Crippen LogP contribution in [0.3, 0.4) is 0 Å². The minimum absolute atomic E-state index is 0.324. The van der Waals surface area contributed by atoms with E-state index in [2.05, 4.69) is 46.3 Å². The first-order chi connectivity index (χ1) is 13.6. The number of nitrogens with zero attached hydrogens (tertiary/aromatic N) is 2. The zero-order valence-electron chi connectivity index (χ0n) is 16.5. The molecular weight excluding hydrogens is 350 g/mol. The number of ether oxygens (including phenoxy) is 1. The number of phenolic OH excluding ortho intramolecular Hbond substituents is 1. The third-order valence-corrected chi connectivity index (χ3v) is 5.59. The van der Waals surface area contributed by atoms with Crippen LogP contribution in [0.5, 0.6) is 11.5 Å². The van der Waals surface area contributed by atoms with E-state index >= 15 is 0 Å². The van der Waals surface area contributed by atoms with E-state index in [4.69, 9.17) is 4.74 Å². The first-order valence-corrected chi connectivity index (χ1v) is 9.82. The van der Waals surface area contributed by atoms with Crippen molar-refractivity contribution < 1.29 is 9.84 Å². The normalized spacial score (nSPS) is 17.6. The number of H-pyrrole nitrogens is 1. The molecule has 0 unspecified atom stereocenters. The molecule has 146 valence electrons. The van der Waals surface area contributed by atoms with Gasteiger partial charge in [0.25, 0.3) is 0 Å². The second kappa shape index (κ2) is 8.07. The van der Waals surface area contributed by atoms with Gasteiger partial charge in [0.2, 0.25) is 0 Å². The van der Waals surface area contributed by atoms with Gasteiger partial charge in [-0.15, -0.1) is 0 Å². The Morgan fingerprint density at radius 2 is 2.14 bits per heavy atom. The summed E-state index contributed by atoms with van der Waals surface area (Å²) in [5, 5.41) is 17.8. The SMILES string of the molecule is COc1ccc(O)c(CN2CCC[C@@H](c3[nH]ncc3-c3cccc(C)c3)C2)c1. The number of aryl methyl sites for hydroxylation is 1. The zero-order valence-corrected chi connectivity index (χ0v) is 16.5. The van der Waals surface area contributed by atoms with E-state index in [1.807, 2.05) is 12.3 Å². The Hall–Kier alpha value is -2.79. The fourth-order valence-corrected chi connectivity index (χ4v) is 4.14. The van der Waals surface area contributed by atoms with Gasteiger partial charge < -0.3 is 9.84 Å². The summed E-state index contributed by atoms with van der Waals surface area (Å²) in [4.78, 5) is 2.41. The van der Waals surface area contributed by atoms with Crippen LogP contribution in [0.15, 0.2) is 48.7 Å². The molecule has 0 amide bonds. The summed E-state index contributed by atoms with van der Waals surface area (Å²) in [6.45, 7) is 4.80. The van der Waals surface area contributed by atoms with E-state index in [1.165, 1.54) is 22.4 Å². The quantitative estimate of drug-likeness (QED) is 0.688. The van der Waals surface area contributed by atoms with Crippen LogP contribution in [-0.2, 0) is 6.54 Å². The number of methoxy groups -OCH3 is 1. The van der Waals surface area contributed by atoms with Gasteiger partial charge >= 0.3 is 0 Å². The van der Waals surface area contributed by atoms with Gasteiger partial charge in [-0.2, -0.15) is 5.10 Å². The van der Waals surface area contributed by atoms with Crippen LogP contribution in [0, 0.1) is 6.92 Å². The van der Waals surface area contributed by atoms with Gasteiger partial charge in [0.05, 0.1) is 13.3 Å². The molecule has 4 rings (SSSR count). The summed E-state index contributed by atoms with van der Waals surface area (Å²) < 4.78 is 5.31. The standard InChI is InChI=1S/C23H27N3O2/c1-16-5-3-6-17(11-16)21-13-24-25-23(21)18-7-4-10-26(14-18)15-19-12-20(28-2)8-9-22(19)27/h3,5-6,8-9,11-13,18,27H,4,7,10,14-15H2,1-2H3,(H,24,25)/t18-/m1/s1. The van der Waals surface area contributed by atoms with Crippen molar-refractivity contribution in [3.05, 3.63) is 65.5 Å². The number of aromatic hydroxyl groups is 1. The molecule has 5 heteroatoms. The number of hydrogen-bond donors (Lipinski definition) is 2. The molecule has 1 atom stereocenters. The molecule has 5 nitrogen and oxygen atoms in total. The van der Waals surface area contributed by atoms with Gasteiger partial charge in [0, 0.05) is 35.8 Å². The van der Waals surface area contributed by atoms with E-state index < -0.39 is 0 Å². The van der Waals surface area contributed by atoms with Gasteiger partial charge in [-0.25, -0.2) is 0 Å². The Bertz CT molecular complexity index is 951. The molecule has 0 radical (unpaired) electrons. The molecule has 2 aromatic carbocycles. The number of rotatable bonds is 5. The number of aromatic nitrogens is 2. The molecule has 1 aliphatic heterocycles. The molecule has 0 bridgehead atoms. The Balaban J connectivity index is 1.53. The predicted octanol–water partition coefficient (Wildman–Crippen LogP) is 4.48. The third-order valence-electron chi connectivity index (χ3n) is 5.59. The monoisotopic (exact) mass is 377 g/mol. The molecule has 0 spiro atoms. The predicted molar refractivity (Wildman–Crippen MR) is 111 cm³/mol. The Kier molecular flexibility index (Phi) is 5.35. The molecule has 1 fully saturated rings. The average Bonchev–Trinajstić information content (AvgIpc) is 3.20. The van der Waals surface area contributed by atoms with E-state index in [0.29, 0.717) is 18.2 Å². The highest BCUT2D eigenvalue weighted by atomic mass is 16.5. The van der Waals surface area contributed by atoms with Crippen LogP contribution in [-0.4, -0.2) is 40.4 Å². The summed E-state index contributed by atoms with van der Waals surface area (Å²) in [5.41, 5.74) is 5.78. The molecular formula is C23H27N3O2. The minimum atomic E-state index is 0.324. The number of nitrogens with one attached hydrogen (secondary N) is 1. The van der Waals surface area contributed by atoms with E-state index in [1.54, 1.807) is 19.2 Å². The largest absolute Gasteiger partial charge is 0.508 e. The lowest BCUT2D eigenvalue weighted by Gasteiger charge is -2.33. The fourth-order valence-electron chi connectivity index (χ4n) is 4.14. The molecule has 1 aromatic heterocycles. The van der Waals surface area contributed by atoms with Crippen molar-refractivity contribution in [2.45, 2.75) is 32.2 Å². The molecule has 1 saturated heterocycles. The maximum atomic E-state index is 10.2. The number of piperidine rings is 1. The number of benzene rings is 2. The number of phenols is 1.